The summed E-state index contributed by atoms with van der Waals surface area (Å²) in [5.41, 5.74) is 4.40. The number of phenolic OH excluding ortho intramolecular Hbond substituents is 2. The molecule has 0 amide bonds. The maximum absolute atomic E-state index is 11.3. The van der Waals surface area contributed by atoms with Crippen molar-refractivity contribution in [2.75, 3.05) is 6.54 Å². The standard InChI is InChI=1S/C13H18N2O6/c14-13(12(20)21,15-5-1-2-11(18)19)7-8-3-4-9(16)10(17)6-8/h3-4,6,15-17H,1-2,5,7,14H2,(H,18,19)(H,20,21)/t13-/m0/s1. The van der Waals surface area contributed by atoms with E-state index in [4.69, 9.17) is 10.8 Å². The molecule has 1 rings (SSSR count). The summed E-state index contributed by atoms with van der Waals surface area (Å²) in [5.74, 6) is -2.96. The van der Waals surface area contributed by atoms with Crippen molar-refractivity contribution in [2.45, 2.75) is 24.9 Å². The van der Waals surface area contributed by atoms with Crippen LogP contribution in [0.3, 0.4) is 0 Å². The van der Waals surface area contributed by atoms with Gasteiger partial charge in [0, 0.05) is 12.8 Å². The zero-order valence-corrected chi connectivity index (χ0v) is 11.2. The molecule has 1 atom stereocenters. The summed E-state index contributed by atoms with van der Waals surface area (Å²) < 4.78 is 0. The number of aromatic hydroxyl groups is 2. The average molecular weight is 298 g/mol. The van der Waals surface area contributed by atoms with Crippen LogP contribution in [-0.4, -0.2) is 44.6 Å². The van der Waals surface area contributed by atoms with E-state index in [9.17, 15) is 24.9 Å². The number of hydrogen-bond acceptors (Lipinski definition) is 6. The highest BCUT2D eigenvalue weighted by Crippen LogP contribution is 2.26. The van der Waals surface area contributed by atoms with Crippen LogP contribution in [0.2, 0.25) is 0 Å². The van der Waals surface area contributed by atoms with Gasteiger partial charge in [0.15, 0.2) is 17.2 Å². The Kier molecular flexibility index (Phi) is 5.51. The van der Waals surface area contributed by atoms with Crippen molar-refractivity contribution in [3.05, 3.63) is 23.8 Å². The predicted octanol–water partition coefficient (Wildman–Crippen LogP) is -0.166. The van der Waals surface area contributed by atoms with Crippen LogP contribution in [0, 0.1) is 0 Å². The molecule has 8 heteroatoms. The number of carbonyl (C=O) groups is 2. The largest absolute Gasteiger partial charge is 0.504 e. The normalized spacial score (nSPS) is 13.6. The van der Waals surface area contributed by atoms with Crippen LogP contribution in [0.25, 0.3) is 0 Å². The van der Waals surface area contributed by atoms with Gasteiger partial charge in [-0.05, 0) is 30.7 Å². The van der Waals surface area contributed by atoms with Crippen LogP contribution in [-0.2, 0) is 16.0 Å². The molecule has 0 unspecified atom stereocenters. The molecule has 0 fully saturated rings. The molecule has 0 aliphatic heterocycles. The second kappa shape index (κ2) is 6.91. The monoisotopic (exact) mass is 298 g/mol. The lowest BCUT2D eigenvalue weighted by molar-refractivity contribution is -0.144. The van der Waals surface area contributed by atoms with Gasteiger partial charge in [-0.1, -0.05) is 6.07 Å². The molecule has 0 saturated heterocycles. The smallest absolute Gasteiger partial charge is 0.339 e. The van der Waals surface area contributed by atoms with E-state index in [1.165, 1.54) is 18.2 Å². The second-order valence-electron chi connectivity index (χ2n) is 4.70. The Morgan fingerprint density at radius 2 is 1.86 bits per heavy atom. The van der Waals surface area contributed by atoms with Crippen LogP contribution >= 0.6 is 0 Å². The van der Waals surface area contributed by atoms with Crippen molar-refractivity contribution in [1.29, 1.82) is 0 Å². The summed E-state index contributed by atoms with van der Waals surface area (Å²) in [6.45, 7) is 0.124. The first-order valence-electron chi connectivity index (χ1n) is 6.24. The Labute approximate surface area is 120 Å². The van der Waals surface area contributed by atoms with Gasteiger partial charge in [-0.25, -0.2) is 4.79 Å². The van der Waals surface area contributed by atoms with Gasteiger partial charge in [-0.15, -0.1) is 0 Å². The van der Waals surface area contributed by atoms with Crippen molar-refractivity contribution in [3.63, 3.8) is 0 Å². The van der Waals surface area contributed by atoms with E-state index in [0.717, 1.165) is 0 Å². The minimum atomic E-state index is -1.79. The van der Waals surface area contributed by atoms with Gasteiger partial charge in [0.25, 0.3) is 0 Å². The predicted molar refractivity (Wildman–Crippen MR) is 72.9 cm³/mol. The SMILES string of the molecule is N[C@@](Cc1ccc(O)c(O)c1)(NCCCC(=O)O)C(=O)O. The van der Waals surface area contributed by atoms with E-state index in [1.807, 2.05) is 0 Å². The first-order chi connectivity index (χ1) is 9.74. The van der Waals surface area contributed by atoms with E-state index in [1.54, 1.807) is 0 Å². The molecule has 116 valence electrons. The van der Waals surface area contributed by atoms with Gasteiger partial charge >= 0.3 is 11.9 Å². The topological polar surface area (TPSA) is 153 Å². The number of nitrogens with one attached hydrogen (secondary N) is 1. The van der Waals surface area contributed by atoms with Crippen molar-refractivity contribution in [3.8, 4) is 11.5 Å². The third kappa shape index (κ3) is 4.93. The molecule has 0 aliphatic carbocycles. The molecule has 21 heavy (non-hydrogen) atoms. The summed E-state index contributed by atoms with van der Waals surface area (Å²) >= 11 is 0. The fourth-order valence-electron chi connectivity index (χ4n) is 1.77. The molecule has 0 spiro atoms. The number of carboxylic acids is 2. The summed E-state index contributed by atoms with van der Waals surface area (Å²) in [4.78, 5) is 21.7. The highest BCUT2D eigenvalue weighted by atomic mass is 16.4. The van der Waals surface area contributed by atoms with E-state index in [2.05, 4.69) is 5.32 Å². The van der Waals surface area contributed by atoms with Gasteiger partial charge in [0.2, 0.25) is 0 Å². The van der Waals surface area contributed by atoms with Crippen molar-refractivity contribution >= 4 is 11.9 Å². The quantitative estimate of drug-likeness (QED) is 0.220. The molecular formula is C13H18N2O6. The third-order valence-corrected chi connectivity index (χ3v) is 2.91. The number of rotatable bonds is 8. The van der Waals surface area contributed by atoms with Crippen molar-refractivity contribution < 1.29 is 30.0 Å². The zero-order chi connectivity index (χ0) is 16.0. The molecule has 0 saturated carbocycles. The van der Waals surface area contributed by atoms with Crippen LogP contribution in [0.4, 0.5) is 0 Å². The number of benzene rings is 1. The van der Waals surface area contributed by atoms with Gasteiger partial charge in [-0.3, -0.25) is 10.1 Å². The summed E-state index contributed by atoms with van der Waals surface area (Å²) in [5, 5.41) is 38.9. The van der Waals surface area contributed by atoms with Gasteiger partial charge in [0.1, 0.15) is 0 Å². The fraction of sp³-hybridized carbons (Fsp3) is 0.385. The van der Waals surface area contributed by atoms with Crippen molar-refractivity contribution in [1.82, 2.24) is 5.32 Å². The third-order valence-electron chi connectivity index (χ3n) is 2.91. The molecule has 1 aromatic carbocycles. The highest BCUT2D eigenvalue weighted by molar-refractivity contribution is 5.78. The highest BCUT2D eigenvalue weighted by Gasteiger charge is 2.33. The minimum absolute atomic E-state index is 0.0945. The van der Waals surface area contributed by atoms with E-state index >= 15 is 0 Å². The molecule has 7 N–H and O–H groups in total. The van der Waals surface area contributed by atoms with Gasteiger partial charge < -0.3 is 26.2 Å². The van der Waals surface area contributed by atoms with Crippen LogP contribution in [0.1, 0.15) is 18.4 Å². The summed E-state index contributed by atoms with van der Waals surface area (Å²) in [6, 6.07) is 3.90. The first-order valence-corrected chi connectivity index (χ1v) is 6.24. The molecule has 0 bridgehead atoms. The Bertz CT molecular complexity index is 533. The molecule has 0 aliphatic rings. The first kappa shape index (κ1) is 16.7. The lowest BCUT2D eigenvalue weighted by atomic mass is 9.99. The Hall–Kier alpha value is -2.32. The zero-order valence-electron chi connectivity index (χ0n) is 11.2. The summed E-state index contributed by atoms with van der Waals surface area (Å²) in [7, 11) is 0. The molecular weight excluding hydrogens is 280 g/mol. The van der Waals surface area contributed by atoms with E-state index in [0.29, 0.717) is 5.56 Å². The number of aliphatic carboxylic acids is 2. The second-order valence-corrected chi connectivity index (χ2v) is 4.70. The van der Waals surface area contributed by atoms with Crippen LogP contribution < -0.4 is 11.1 Å². The Morgan fingerprint density at radius 1 is 1.19 bits per heavy atom. The molecule has 1 aromatic rings. The Morgan fingerprint density at radius 3 is 2.38 bits per heavy atom. The molecule has 0 radical (unpaired) electrons. The van der Waals surface area contributed by atoms with Gasteiger partial charge in [-0.2, -0.15) is 0 Å². The lowest BCUT2D eigenvalue weighted by Gasteiger charge is -2.26. The lowest BCUT2D eigenvalue weighted by Crippen LogP contribution is -2.61. The van der Waals surface area contributed by atoms with Crippen molar-refractivity contribution in [2.24, 2.45) is 5.73 Å². The van der Waals surface area contributed by atoms with Crippen LogP contribution in [0.5, 0.6) is 11.5 Å². The average Bonchev–Trinajstić information content (AvgIpc) is 2.39. The van der Waals surface area contributed by atoms with Crippen LogP contribution in [0.15, 0.2) is 18.2 Å². The number of hydrogen-bond donors (Lipinski definition) is 6. The summed E-state index contributed by atoms with van der Waals surface area (Å²) in [6.07, 6.45) is 0.00827. The minimum Gasteiger partial charge on any atom is -0.504 e. The van der Waals surface area contributed by atoms with Gasteiger partial charge in [0.05, 0.1) is 0 Å². The molecule has 8 nitrogen and oxygen atoms in total. The Balaban J connectivity index is 2.73. The fourth-order valence-corrected chi connectivity index (χ4v) is 1.77. The maximum Gasteiger partial charge on any atom is 0.339 e. The molecule has 0 heterocycles. The number of nitrogens with two attached hydrogens (primary N) is 1. The van der Waals surface area contributed by atoms with E-state index < -0.39 is 17.6 Å². The number of carboxylic acid groups (broad SMARTS) is 2. The maximum atomic E-state index is 11.3. The molecule has 0 aromatic heterocycles. The van der Waals surface area contributed by atoms with E-state index in [-0.39, 0.29) is 37.3 Å². The number of phenols is 2.